The van der Waals surface area contributed by atoms with Gasteiger partial charge in [-0.15, -0.1) is 0 Å². The molecule has 0 aliphatic rings. The lowest BCUT2D eigenvalue weighted by atomic mass is 9.99. The van der Waals surface area contributed by atoms with Gasteiger partial charge in [0.1, 0.15) is 11.4 Å². The van der Waals surface area contributed by atoms with E-state index in [1.165, 1.54) is 11.3 Å². The van der Waals surface area contributed by atoms with Crippen molar-refractivity contribution in [1.82, 2.24) is 10.3 Å². The Kier molecular flexibility index (Phi) is 4.59. The molecule has 6 heteroatoms. The van der Waals surface area contributed by atoms with Crippen molar-refractivity contribution in [3.05, 3.63) is 52.3 Å². The summed E-state index contributed by atoms with van der Waals surface area (Å²) in [6.45, 7) is 1.87. The van der Waals surface area contributed by atoms with Crippen molar-refractivity contribution >= 4 is 28.1 Å². The minimum Gasteiger partial charge on any atom is -0.496 e. The van der Waals surface area contributed by atoms with Crippen LogP contribution in [-0.4, -0.2) is 29.7 Å². The van der Waals surface area contributed by atoms with Crippen LogP contribution in [0.5, 0.6) is 5.75 Å². The highest BCUT2D eigenvalue weighted by Crippen LogP contribution is 2.29. The Labute approximate surface area is 144 Å². The predicted molar refractivity (Wildman–Crippen MR) is 95.5 cm³/mol. The Morgan fingerprint density at radius 2 is 2.25 bits per heavy atom. The van der Waals surface area contributed by atoms with Crippen LogP contribution in [0.1, 0.15) is 18.1 Å². The summed E-state index contributed by atoms with van der Waals surface area (Å²) in [5.74, 6) is 0.596. The maximum Gasteiger partial charge on any atom is 0.224 e. The number of ether oxygens (including phenoxy) is 1. The number of methoxy groups -OCH3 is 1. The number of carbonyl (C=O) groups is 1. The zero-order chi connectivity index (χ0) is 17.2. The summed E-state index contributed by atoms with van der Waals surface area (Å²) in [6.07, 6.45) is 2.05. The molecule has 1 amide bonds. The first kappa shape index (κ1) is 16.5. The highest BCUT2D eigenvalue weighted by molar-refractivity contribution is 7.08. The van der Waals surface area contributed by atoms with Gasteiger partial charge in [0, 0.05) is 17.1 Å². The second kappa shape index (κ2) is 6.67. The number of aromatic amines is 1. The molecule has 2 aromatic heterocycles. The zero-order valence-electron chi connectivity index (χ0n) is 13.6. The molecule has 0 saturated carbocycles. The lowest BCUT2D eigenvalue weighted by Crippen LogP contribution is -2.39. The smallest absolute Gasteiger partial charge is 0.224 e. The largest absolute Gasteiger partial charge is 0.496 e. The van der Waals surface area contributed by atoms with E-state index in [1.807, 2.05) is 41.2 Å². The van der Waals surface area contributed by atoms with Crippen LogP contribution in [0.25, 0.3) is 10.9 Å². The minimum absolute atomic E-state index is 0.141. The van der Waals surface area contributed by atoms with Gasteiger partial charge in [-0.25, -0.2) is 0 Å². The number of thiophene rings is 1. The second-order valence-corrected chi connectivity index (χ2v) is 6.72. The number of H-pyrrole nitrogens is 1. The van der Waals surface area contributed by atoms with E-state index in [0.29, 0.717) is 0 Å². The Balaban J connectivity index is 1.70. The van der Waals surface area contributed by atoms with Crippen molar-refractivity contribution in [2.24, 2.45) is 0 Å². The number of fused-ring (bicyclic) bond motifs is 1. The Hall–Kier alpha value is -2.31. The first-order valence-corrected chi connectivity index (χ1v) is 8.60. The number of hydrogen-bond acceptors (Lipinski definition) is 4. The van der Waals surface area contributed by atoms with E-state index in [0.717, 1.165) is 27.8 Å². The highest BCUT2D eigenvalue weighted by atomic mass is 32.1. The minimum atomic E-state index is -1.08. The number of nitrogens with one attached hydrogen (secondary N) is 2. The van der Waals surface area contributed by atoms with Crippen LogP contribution in [-0.2, 0) is 16.8 Å². The molecule has 0 bridgehead atoms. The molecule has 5 nitrogen and oxygen atoms in total. The molecule has 0 fully saturated rings. The van der Waals surface area contributed by atoms with Crippen molar-refractivity contribution in [3.8, 4) is 5.75 Å². The van der Waals surface area contributed by atoms with Crippen LogP contribution in [0.3, 0.4) is 0 Å². The number of aliphatic hydroxyl groups is 1. The van der Waals surface area contributed by atoms with Crippen LogP contribution in [0.2, 0.25) is 0 Å². The van der Waals surface area contributed by atoms with Gasteiger partial charge in [0.05, 0.1) is 20.1 Å². The molecule has 0 spiro atoms. The van der Waals surface area contributed by atoms with E-state index in [1.54, 1.807) is 14.0 Å². The van der Waals surface area contributed by atoms with Crippen LogP contribution < -0.4 is 10.1 Å². The third-order valence-electron chi connectivity index (χ3n) is 4.09. The maximum atomic E-state index is 12.3. The summed E-state index contributed by atoms with van der Waals surface area (Å²) < 4.78 is 5.38. The van der Waals surface area contributed by atoms with Gasteiger partial charge in [-0.3, -0.25) is 4.79 Å². The monoisotopic (exact) mass is 344 g/mol. The maximum absolute atomic E-state index is 12.3. The van der Waals surface area contributed by atoms with Crippen molar-refractivity contribution in [2.75, 3.05) is 13.7 Å². The summed E-state index contributed by atoms with van der Waals surface area (Å²) in [7, 11) is 1.61. The van der Waals surface area contributed by atoms with Gasteiger partial charge < -0.3 is 20.1 Å². The summed E-state index contributed by atoms with van der Waals surface area (Å²) in [6, 6.07) is 7.58. The van der Waals surface area contributed by atoms with E-state index in [2.05, 4.69) is 10.3 Å². The van der Waals surface area contributed by atoms with E-state index >= 15 is 0 Å². The third-order valence-corrected chi connectivity index (χ3v) is 4.78. The van der Waals surface area contributed by atoms with Crippen LogP contribution in [0, 0.1) is 0 Å². The van der Waals surface area contributed by atoms with Gasteiger partial charge in [-0.2, -0.15) is 11.3 Å². The average molecular weight is 344 g/mol. The van der Waals surface area contributed by atoms with E-state index < -0.39 is 5.60 Å². The van der Waals surface area contributed by atoms with Crippen LogP contribution in [0.15, 0.2) is 41.2 Å². The zero-order valence-corrected chi connectivity index (χ0v) is 14.4. The molecule has 0 aliphatic heterocycles. The molecule has 1 unspecified atom stereocenters. The molecule has 0 radical (unpaired) electrons. The van der Waals surface area contributed by atoms with Crippen LogP contribution >= 0.6 is 11.3 Å². The first-order valence-electron chi connectivity index (χ1n) is 7.66. The topological polar surface area (TPSA) is 74.4 Å². The summed E-state index contributed by atoms with van der Waals surface area (Å²) >= 11 is 1.52. The lowest BCUT2D eigenvalue weighted by Gasteiger charge is -2.22. The molecule has 3 aromatic rings. The fourth-order valence-corrected chi connectivity index (χ4v) is 3.49. The number of benzene rings is 1. The molecule has 3 rings (SSSR count). The van der Waals surface area contributed by atoms with Gasteiger partial charge in [0.2, 0.25) is 5.91 Å². The number of rotatable bonds is 6. The molecule has 2 heterocycles. The number of carbonyl (C=O) groups excluding carboxylic acids is 1. The molecule has 0 saturated heterocycles. The molecule has 3 N–H and O–H groups in total. The summed E-state index contributed by atoms with van der Waals surface area (Å²) in [5, 5.41) is 18.0. The average Bonchev–Trinajstić information content (AvgIpc) is 3.23. The molecule has 126 valence electrons. The Bertz CT molecular complexity index is 837. The van der Waals surface area contributed by atoms with Crippen molar-refractivity contribution < 1.29 is 14.6 Å². The van der Waals surface area contributed by atoms with Crippen LogP contribution in [0.4, 0.5) is 0 Å². The second-order valence-electron chi connectivity index (χ2n) is 5.94. The standard InChI is InChI=1S/C18H20N2O3S/c1-18(22,13-6-7-24-10-13)11-20-16(21)8-12-9-19-14-4-3-5-15(23-2)17(12)14/h3-7,9-10,19,22H,8,11H2,1-2H3,(H,20,21). The highest BCUT2D eigenvalue weighted by Gasteiger charge is 2.24. The molecule has 24 heavy (non-hydrogen) atoms. The molecule has 1 atom stereocenters. The molecule has 0 aliphatic carbocycles. The molecular weight excluding hydrogens is 324 g/mol. The Morgan fingerprint density at radius 1 is 1.42 bits per heavy atom. The fourth-order valence-electron chi connectivity index (χ4n) is 2.71. The van der Waals surface area contributed by atoms with Gasteiger partial charge in [-0.1, -0.05) is 6.07 Å². The summed E-state index contributed by atoms with van der Waals surface area (Å²) in [4.78, 5) is 15.5. The van der Waals surface area contributed by atoms with Gasteiger partial charge in [0.15, 0.2) is 0 Å². The quantitative estimate of drug-likeness (QED) is 0.644. The van der Waals surface area contributed by atoms with Gasteiger partial charge in [0.25, 0.3) is 0 Å². The SMILES string of the molecule is COc1cccc2[nH]cc(CC(=O)NCC(C)(O)c3ccsc3)c12. The van der Waals surface area contributed by atoms with E-state index in [-0.39, 0.29) is 18.9 Å². The van der Waals surface area contributed by atoms with Gasteiger partial charge >= 0.3 is 0 Å². The predicted octanol–water partition coefficient (Wildman–Crippen LogP) is 2.80. The lowest BCUT2D eigenvalue weighted by molar-refractivity contribution is -0.121. The first-order chi connectivity index (χ1) is 11.5. The van der Waals surface area contributed by atoms with Gasteiger partial charge in [-0.05, 0) is 47.0 Å². The number of hydrogen-bond donors (Lipinski definition) is 3. The van der Waals surface area contributed by atoms with Crippen molar-refractivity contribution in [1.29, 1.82) is 0 Å². The number of aromatic nitrogens is 1. The van der Waals surface area contributed by atoms with Crippen molar-refractivity contribution in [2.45, 2.75) is 18.9 Å². The number of amides is 1. The third kappa shape index (κ3) is 3.29. The fraction of sp³-hybridized carbons (Fsp3) is 0.278. The van der Waals surface area contributed by atoms with E-state index in [4.69, 9.17) is 4.74 Å². The Morgan fingerprint density at radius 3 is 2.96 bits per heavy atom. The molecular formula is C18H20N2O3S. The normalized spacial score (nSPS) is 13.6. The molecule has 1 aromatic carbocycles. The van der Waals surface area contributed by atoms with Crippen molar-refractivity contribution in [3.63, 3.8) is 0 Å². The van der Waals surface area contributed by atoms with E-state index in [9.17, 15) is 9.90 Å². The summed E-state index contributed by atoms with van der Waals surface area (Å²) in [5.41, 5.74) is 1.53.